The molecule has 1 N–H and O–H groups in total. The highest BCUT2D eigenvalue weighted by molar-refractivity contribution is 6.30. The lowest BCUT2D eigenvalue weighted by Gasteiger charge is -2.44. The van der Waals surface area contributed by atoms with Gasteiger partial charge in [-0.25, -0.2) is 0 Å². The summed E-state index contributed by atoms with van der Waals surface area (Å²) in [5.74, 6) is 0.320. The highest BCUT2D eigenvalue weighted by Gasteiger charge is 2.40. The van der Waals surface area contributed by atoms with Crippen LogP contribution in [0.15, 0.2) is 18.2 Å². The molecular weight excluding hydrogens is 384 g/mol. The van der Waals surface area contributed by atoms with Gasteiger partial charge in [-0.05, 0) is 36.5 Å². The predicted octanol–water partition coefficient (Wildman–Crippen LogP) is 4.95. The zero-order valence-electron chi connectivity index (χ0n) is 13.1. The van der Waals surface area contributed by atoms with Gasteiger partial charge in [0.1, 0.15) is 0 Å². The number of piperazine rings is 1. The predicted molar refractivity (Wildman–Crippen MR) is 95.5 cm³/mol. The summed E-state index contributed by atoms with van der Waals surface area (Å²) in [5.41, 5.74) is -0.182. The van der Waals surface area contributed by atoms with Gasteiger partial charge in [0.15, 0.2) is 0 Å². The number of hydrogen-bond donors (Lipinski definition) is 1. The van der Waals surface area contributed by atoms with Crippen molar-refractivity contribution >= 4 is 36.4 Å². The van der Waals surface area contributed by atoms with Gasteiger partial charge in [0.2, 0.25) is 0 Å². The normalized spacial score (nSPS) is 20.5. The Labute approximate surface area is 157 Å². The summed E-state index contributed by atoms with van der Waals surface area (Å²) >= 11 is 5.82. The first-order chi connectivity index (χ1) is 10.5. The van der Waals surface area contributed by atoms with E-state index in [-0.39, 0.29) is 35.9 Å². The van der Waals surface area contributed by atoms with E-state index in [0.29, 0.717) is 11.5 Å². The fourth-order valence-electron chi connectivity index (χ4n) is 3.50. The van der Waals surface area contributed by atoms with Gasteiger partial charge in [-0.15, -0.1) is 24.8 Å². The quantitative estimate of drug-likeness (QED) is 0.765. The molecule has 0 bridgehead atoms. The minimum atomic E-state index is -4.36. The van der Waals surface area contributed by atoms with Crippen molar-refractivity contribution in [3.05, 3.63) is 34.3 Å². The summed E-state index contributed by atoms with van der Waals surface area (Å²) in [7, 11) is 0. The zero-order valence-corrected chi connectivity index (χ0v) is 15.5. The second-order valence-electron chi connectivity index (χ2n) is 6.15. The zero-order chi connectivity index (χ0) is 15.7. The van der Waals surface area contributed by atoms with Crippen LogP contribution >= 0.6 is 36.4 Å². The van der Waals surface area contributed by atoms with Crippen LogP contribution < -0.4 is 5.32 Å². The summed E-state index contributed by atoms with van der Waals surface area (Å²) in [5, 5.41) is 3.41. The van der Waals surface area contributed by atoms with E-state index in [1.807, 2.05) is 0 Å². The first kappa shape index (κ1) is 21.8. The maximum absolute atomic E-state index is 13.5. The van der Waals surface area contributed by atoms with Crippen molar-refractivity contribution in [2.24, 2.45) is 5.92 Å². The second kappa shape index (κ2) is 8.95. The van der Waals surface area contributed by atoms with E-state index in [2.05, 4.69) is 10.2 Å². The lowest BCUT2D eigenvalue weighted by atomic mass is 9.75. The van der Waals surface area contributed by atoms with Gasteiger partial charge in [0.25, 0.3) is 0 Å². The number of hydrogen-bond acceptors (Lipinski definition) is 2. The molecule has 1 saturated carbocycles. The van der Waals surface area contributed by atoms with Crippen LogP contribution in [-0.2, 0) is 6.18 Å². The van der Waals surface area contributed by atoms with Crippen molar-refractivity contribution in [3.63, 3.8) is 0 Å². The summed E-state index contributed by atoms with van der Waals surface area (Å²) in [4.78, 5) is 2.21. The van der Waals surface area contributed by atoms with Crippen LogP contribution in [0.3, 0.4) is 0 Å². The maximum atomic E-state index is 13.5. The molecule has 2 aliphatic rings. The van der Waals surface area contributed by atoms with E-state index in [1.54, 1.807) is 12.1 Å². The molecule has 1 saturated heterocycles. The molecular formula is C16H22Cl3F3N2. The Bertz CT molecular complexity index is 530. The molecule has 1 aromatic rings. The number of alkyl halides is 3. The third-order valence-electron chi connectivity index (χ3n) is 4.78. The molecule has 1 atom stereocenters. The van der Waals surface area contributed by atoms with Crippen molar-refractivity contribution in [3.8, 4) is 0 Å². The van der Waals surface area contributed by atoms with Gasteiger partial charge in [-0.1, -0.05) is 24.1 Å². The molecule has 1 heterocycles. The van der Waals surface area contributed by atoms with Gasteiger partial charge < -0.3 is 5.32 Å². The molecule has 8 heteroatoms. The summed E-state index contributed by atoms with van der Waals surface area (Å²) in [6.45, 7) is 3.25. The number of halogens is 6. The Balaban J connectivity index is 0.00000144. The molecule has 0 unspecified atom stereocenters. The summed E-state index contributed by atoms with van der Waals surface area (Å²) in [6, 6.07) is 4.09. The van der Waals surface area contributed by atoms with Crippen LogP contribution in [0.2, 0.25) is 5.02 Å². The molecule has 1 aliphatic heterocycles. The van der Waals surface area contributed by atoms with Gasteiger partial charge in [-0.2, -0.15) is 13.2 Å². The largest absolute Gasteiger partial charge is 0.416 e. The third kappa shape index (κ3) is 4.70. The van der Waals surface area contributed by atoms with Crippen LogP contribution in [0.1, 0.15) is 36.4 Å². The number of benzene rings is 1. The first-order valence-electron chi connectivity index (χ1n) is 7.78. The summed E-state index contributed by atoms with van der Waals surface area (Å²) in [6.07, 6.45) is -1.23. The maximum Gasteiger partial charge on any atom is 0.416 e. The van der Waals surface area contributed by atoms with Gasteiger partial charge in [0, 0.05) is 37.2 Å². The monoisotopic (exact) mass is 404 g/mol. The molecule has 0 aromatic heterocycles. The fraction of sp³-hybridized carbons (Fsp3) is 0.625. The van der Waals surface area contributed by atoms with Crippen molar-refractivity contribution < 1.29 is 13.2 Å². The van der Waals surface area contributed by atoms with Crippen LogP contribution in [-0.4, -0.2) is 31.1 Å². The molecule has 0 amide bonds. The van der Waals surface area contributed by atoms with Crippen LogP contribution in [0.25, 0.3) is 0 Å². The third-order valence-corrected chi connectivity index (χ3v) is 5.02. The number of rotatable bonds is 3. The van der Waals surface area contributed by atoms with E-state index in [1.165, 1.54) is 0 Å². The molecule has 3 rings (SSSR count). The van der Waals surface area contributed by atoms with Gasteiger partial charge in [0.05, 0.1) is 5.56 Å². The van der Waals surface area contributed by atoms with Crippen LogP contribution in [0.4, 0.5) is 13.2 Å². The van der Waals surface area contributed by atoms with Crippen LogP contribution in [0.5, 0.6) is 0 Å². The van der Waals surface area contributed by atoms with Gasteiger partial charge >= 0.3 is 6.18 Å². The van der Waals surface area contributed by atoms with E-state index in [4.69, 9.17) is 11.6 Å². The SMILES string of the molecule is Cl.Cl.FC(F)(F)c1cc(Cl)ccc1[C@@H](C1CCC1)N1CCNCC1. The standard InChI is InChI=1S/C16H20ClF3N2.2ClH/c17-12-4-5-13(14(10-12)16(18,19)20)15(11-2-1-3-11)22-8-6-21-7-9-22;;/h4-5,10-11,15,21H,1-3,6-9H2;2*1H/t15-;;/m1../s1. The van der Waals surface area contributed by atoms with Crippen molar-refractivity contribution in [2.75, 3.05) is 26.2 Å². The van der Waals surface area contributed by atoms with Crippen molar-refractivity contribution in [1.29, 1.82) is 0 Å². The minimum Gasteiger partial charge on any atom is -0.314 e. The van der Waals surface area contributed by atoms with E-state index >= 15 is 0 Å². The summed E-state index contributed by atoms with van der Waals surface area (Å²) < 4.78 is 40.4. The smallest absolute Gasteiger partial charge is 0.314 e. The Morgan fingerprint density at radius 2 is 1.75 bits per heavy atom. The van der Waals surface area contributed by atoms with Gasteiger partial charge in [-0.3, -0.25) is 4.90 Å². The molecule has 2 fully saturated rings. The highest BCUT2D eigenvalue weighted by Crippen LogP contribution is 2.46. The highest BCUT2D eigenvalue weighted by atomic mass is 35.5. The van der Waals surface area contributed by atoms with Crippen molar-refractivity contribution in [1.82, 2.24) is 10.2 Å². The fourth-order valence-corrected chi connectivity index (χ4v) is 3.67. The van der Waals surface area contributed by atoms with E-state index in [9.17, 15) is 13.2 Å². The molecule has 0 radical (unpaired) electrons. The van der Waals surface area contributed by atoms with E-state index < -0.39 is 11.7 Å². The molecule has 1 aromatic carbocycles. The first-order valence-corrected chi connectivity index (χ1v) is 8.16. The second-order valence-corrected chi connectivity index (χ2v) is 6.59. The molecule has 0 spiro atoms. The number of nitrogens with zero attached hydrogens (tertiary/aromatic N) is 1. The Hall–Kier alpha value is -0.200. The molecule has 1 aliphatic carbocycles. The topological polar surface area (TPSA) is 15.3 Å². The average molecular weight is 406 g/mol. The molecule has 2 nitrogen and oxygen atoms in total. The Morgan fingerprint density at radius 3 is 2.25 bits per heavy atom. The van der Waals surface area contributed by atoms with E-state index in [0.717, 1.165) is 51.5 Å². The minimum absolute atomic E-state index is 0. The van der Waals surface area contributed by atoms with Crippen LogP contribution in [0, 0.1) is 5.92 Å². The Morgan fingerprint density at radius 1 is 1.12 bits per heavy atom. The molecule has 24 heavy (non-hydrogen) atoms. The lowest BCUT2D eigenvalue weighted by Crippen LogP contribution is -2.48. The number of nitrogens with one attached hydrogen (secondary N) is 1. The lowest BCUT2D eigenvalue weighted by molar-refractivity contribution is -0.139. The molecule has 138 valence electrons. The Kier molecular flexibility index (Phi) is 8.14. The van der Waals surface area contributed by atoms with Crippen molar-refractivity contribution in [2.45, 2.75) is 31.5 Å². The average Bonchev–Trinajstić information content (AvgIpc) is 2.43.